The molecule has 1 amide bonds. The Labute approximate surface area is 171 Å². The molecule has 4 rings (SSSR count). The molecule has 2 aromatic carbocycles. The average molecular weight is 407 g/mol. The first-order chi connectivity index (χ1) is 14.2. The molecule has 144 valence electrons. The monoisotopic (exact) mass is 406 g/mol. The molecule has 0 atom stereocenters. The first-order valence-corrected chi connectivity index (χ1v) is 9.09. The number of pyridine rings is 1. The van der Waals surface area contributed by atoms with Crippen LogP contribution in [0.25, 0.3) is 11.5 Å². The number of nitrogens with one attached hydrogen (secondary N) is 1. The molecule has 8 heteroatoms. The number of anilines is 1. The standard InChI is InChI=1S/C21H15ClN4O3/c22-18-11-15(9-10-23-18)20(27)24-16-7-4-8-17(12-16)28-13-19-25-26-21(29-19)14-5-2-1-3-6-14/h1-12H,13H2,(H,24,27). The summed E-state index contributed by atoms with van der Waals surface area (Å²) < 4.78 is 11.3. The predicted octanol–water partition coefficient (Wildman–Crippen LogP) is 4.62. The van der Waals surface area contributed by atoms with Crippen molar-refractivity contribution < 1.29 is 13.9 Å². The van der Waals surface area contributed by atoms with Gasteiger partial charge in [-0.3, -0.25) is 4.79 Å². The molecule has 0 bridgehead atoms. The summed E-state index contributed by atoms with van der Waals surface area (Å²) >= 11 is 5.83. The van der Waals surface area contributed by atoms with Crippen molar-refractivity contribution in [3.05, 3.63) is 89.5 Å². The minimum atomic E-state index is -0.296. The summed E-state index contributed by atoms with van der Waals surface area (Å²) in [4.78, 5) is 16.2. The van der Waals surface area contributed by atoms with Crippen LogP contribution in [0.15, 0.2) is 77.3 Å². The van der Waals surface area contributed by atoms with Gasteiger partial charge in [0.1, 0.15) is 10.9 Å². The lowest BCUT2D eigenvalue weighted by Gasteiger charge is -2.08. The third-order valence-corrected chi connectivity index (χ3v) is 4.14. The number of amides is 1. The van der Waals surface area contributed by atoms with Crippen LogP contribution in [0.5, 0.6) is 5.75 Å². The Morgan fingerprint density at radius 2 is 1.90 bits per heavy atom. The quantitative estimate of drug-likeness (QED) is 0.470. The Morgan fingerprint density at radius 3 is 2.72 bits per heavy atom. The van der Waals surface area contributed by atoms with Gasteiger partial charge in [0.25, 0.3) is 11.8 Å². The van der Waals surface area contributed by atoms with Gasteiger partial charge in [-0.05, 0) is 36.4 Å². The van der Waals surface area contributed by atoms with Crippen LogP contribution in [0.2, 0.25) is 5.15 Å². The van der Waals surface area contributed by atoms with Crippen LogP contribution in [0.3, 0.4) is 0 Å². The van der Waals surface area contributed by atoms with Crippen molar-refractivity contribution in [2.24, 2.45) is 0 Å². The van der Waals surface area contributed by atoms with E-state index in [1.807, 2.05) is 30.3 Å². The zero-order valence-corrected chi connectivity index (χ0v) is 15.8. The van der Waals surface area contributed by atoms with Gasteiger partial charge in [0.05, 0.1) is 0 Å². The minimum Gasteiger partial charge on any atom is -0.484 e. The van der Waals surface area contributed by atoms with Gasteiger partial charge >= 0.3 is 0 Å². The van der Waals surface area contributed by atoms with E-state index >= 15 is 0 Å². The highest BCUT2D eigenvalue weighted by atomic mass is 35.5. The molecule has 2 heterocycles. The number of aromatic nitrogens is 3. The highest BCUT2D eigenvalue weighted by Gasteiger charge is 2.10. The molecular formula is C21H15ClN4O3. The van der Waals surface area contributed by atoms with E-state index in [0.29, 0.717) is 28.8 Å². The highest BCUT2D eigenvalue weighted by Crippen LogP contribution is 2.21. The van der Waals surface area contributed by atoms with Crippen LogP contribution >= 0.6 is 11.6 Å². The van der Waals surface area contributed by atoms with E-state index < -0.39 is 0 Å². The number of benzene rings is 2. The molecule has 4 aromatic rings. The molecule has 2 aromatic heterocycles. The first kappa shape index (κ1) is 18.6. The van der Waals surface area contributed by atoms with Gasteiger partial charge in [0.2, 0.25) is 5.89 Å². The summed E-state index contributed by atoms with van der Waals surface area (Å²) in [6.07, 6.45) is 1.48. The summed E-state index contributed by atoms with van der Waals surface area (Å²) in [5.41, 5.74) is 1.83. The zero-order chi connectivity index (χ0) is 20.1. The number of rotatable bonds is 6. The summed E-state index contributed by atoms with van der Waals surface area (Å²) in [6.45, 7) is 0.108. The molecule has 0 saturated carbocycles. The second-order valence-electron chi connectivity index (χ2n) is 6.00. The molecular weight excluding hydrogens is 392 g/mol. The van der Waals surface area contributed by atoms with Gasteiger partial charge in [-0.1, -0.05) is 35.9 Å². The molecule has 7 nitrogen and oxygen atoms in total. The fourth-order valence-corrected chi connectivity index (χ4v) is 2.74. The molecule has 0 fully saturated rings. The predicted molar refractivity (Wildman–Crippen MR) is 108 cm³/mol. The third kappa shape index (κ3) is 4.77. The zero-order valence-electron chi connectivity index (χ0n) is 15.1. The first-order valence-electron chi connectivity index (χ1n) is 8.71. The van der Waals surface area contributed by atoms with E-state index in [1.54, 1.807) is 30.3 Å². The van der Waals surface area contributed by atoms with E-state index in [9.17, 15) is 4.79 Å². The topological polar surface area (TPSA) is 90.1 Å². The number of hydrogen-bond acceptors (Lipinski definition) is 6. The number of ether oxygens (including phenoxy) is 1. The lowest BCUT2D eigenvalue weighted by atomic mass is 10.2. The second kappa shape index (κ2) is 8.53. The van der Waals surface area contributed by atoms with Gasteiger partial charge < -0.3 is 14.5 Å². The molecule has 0 spiro atoms. The maximum Gasteiger partial charge on any atom is 0.255 e. The number of nitrogens with zero attached hydrogens (tertiary/aromatic N) is 3. The molecule has 0 saturated heterocycles. The number of hydrogen-bond donors (Lipinski definition) is 1. The van der Waals surface area contributed by atoms with Gasteiger partial charge in [-0.2, -0.15) is 0 Å². The largest absolute Gasteiger partial charge is 0.484 e. The number of carbonyl (C=O) groups excluding carboxylic acids is 1. The third-order valence-electron chi connectivity index (χ3n) is 3.93. The Balaban J connectivity index is 1.39. The Kier molecular flexibility index (Phi) is 5.49. The van der Waals surface area contributed by atoms with Crippen molar-refractivity contribution in [3.63, 3.8) is 0 Å². The molecule has 0 aliphatic rings. The number of halogens is 1. The smallest absolute Gasteiger partial charge is 0.255 e. The van der Waals surface area contributed by atoms with Gasteiger partial charge in [-0.25, -0.2) is 4.98 Å². The fraction of sp³-hybridized carbons (Fsp3) is 0.0476. The maximum atomic E-state index is 12.3. The lowest BCUT2D eigenvalue weighted by Crippen LogP contribution is -2.12. The van der Waals surface area contributed by atoms with Crippen molar-refractivity contribution in [1.29, 1.82) is 0 Å². The van der Waals surface area contributed by atoms with E-state index in [2.05, 4.69) is 20.5 Å². The Morgan fingerprint density at radius 1 is 1.03 bits per heavy atom. The van der Waals surface area contributed by atoms with Crippen LogP contribution < -0.4 is 10.1 Å². The molecule has 0 aliphatic carbocycles. The summed E-state index contributed by atoms with van der Waals surface area (Å²) in [6, 6.07) is 19.6. The highest BCUT2D eigenvalue weighted by molar-refractivity contribution is 6.29. The van der Waals surface area contributed by atoms with Crippen molar-refractivity contribution in [2.75, 3.05) is 5.32 Å². The summed E-state index contributed by atoms with van der Waals surface area (Å²) in [7, 11) is 0. The van der Waals surface area contributed by atoms with Crippen molar-refractivity contribution in [3.8, 4) is 17.2 Å². The van der Waals surface area contributed by atoms with Gasteiger partial charge in [0.15, 0.2) is 6.61 Å². The normalized spacial score (nSPS) is 10.5. The van der Waals surface area contributed by atoms with Crippen LogP contribution in [-0.2, 0) is 6.61 Å². The maximum absolute atomic E-state index is 12.3. The SMILES string of the molecule is O=C(Nc1cccc(OCc2nnc(-c3ccccc3)o2)c1)c1ccnc(Cl)c1. The van der Waals surface area contributed by atoms with E-state index in [0.717, 1.165) is 5.56 Å². The van der Waals surface area contributed by atoms with Gasteiger partial charge in [0, 0.05) is 29.1 Å². The van der Waals surface area contributed by atoms with Crippen molar-refractivity contribution >= 4 is 23.2 Å². The van der Waals surface area contributed by atoms with Crippen LogP contribution in [0, 0.1) is 0 Å². The lowest BCUT2D eigenvalue weighted by molar-refractivity contribution is 0.102. The Hall–Kier alpha value is -3.71. The number of carbonyl (C=O) groups is 1. The minimum absolute atomic E-state index is 0.108. The molecule has 1 N–H and O–H groups in total. The Bertz CT molecular complexity index is 1130. The summed E-state index contributed by atoms with van der Waals surface area (Å²) in [5, 5.41) is 11.1. The van der Waals surface area contributed by atoms with E-state index in [4.69, 9.17) is 20.8 Å². The van der Waals surface area contributed by atoms with Crippen LogP contribution in [0.1, 0.15) is 16.2 Å². The average Bonchev–Trinajstić information content (AvgIpc) is 3.22. The molecule has 29 heavy (non-hydrogen) atoms. The van der Waals surface area contributed by atoms with Gasteiger partial charge in [-0.15, -0.1) is 10.2 Å². The summed E-state index contributed by atoms with van der Waals surface area (Å²) in [5.74, 6) is 1.04. The van der Waals surface area contributed by atoms with Crippen molar-refractivity contribution in [1.82, 2.24) is 15.2 Å². The van der Waals surface area contributed by atoms with Crippen molar-refractivity contribution in [2.45, 2.75) is 6.61 Å². The van der Waals surface area contributed by atoms with E-state index in [1.165, 1.54) is 12.3 Å². The molecule has 0 radical (unpaired) electrons. The van der Waals surface area contributed by atoms with Crippen LogP contribution in [-0.4, -0.2) is 21.1 Å². The van der Waals surface area contributed by atoms with E-state index in [-0.39, 0.29) is 17.7 Å². The molecule has 0 aliphatic heterocycles. The second-order valence-corrected chi connectivity index (χ2v) is 6.39. The fourth-order valence-electron chi connectivity index (χ4n) is 2.56. The molecule has 0 unspecified atom stereocenters. The van der Waals surface area contributed by atoms with Crippen LogP contribution in [0.4, 0.5) is 5.69 Å².